The van der Waals surface area contributed by atoms with E-state index in [1.807, 2.05) is 0 Å². The monoisotopic (exact) mass is 625 g/mol. The number of hydrogen-bond acceptors (Lipinski definition) is 7. The van der Waals surface area contributed by atoms with E-state index in [4.69, 9.17) is 0 Å². The zero-order chi connectivity index (χ0) is 31.0. The molecule has 0 saturated carbocycles. The lowest BCUT2D eigenvalue weighted by Gasteiger charge is -2.26. The maximum absolute atomic E-state index is 14.6. The van der Waals surface area contributed by atoms with E-state index in [9.17, 15) is 48.3 Å². The standard InChI is InChI=1S/C24H19F8N5O4S/c1-12-18(26)7-19(37(12)42(39,40)16-4-2-14(25)3-5-16)21(38)34-10-15-6-17(20(11-33-15)41-24(30,31)32)13-8-35-22(36-9-13)23(27,28)29/h2-6,8-9,11-12,18-19H,7,10H2,1H3,(H,34,38)/t12-,18+,19-/m0/s1. The van der Waals surface area contributed by atoms with Gasteiger partial charge in [-0.3, -0.25) is 9.78 Å². The first kappa shape index (κ1) is 31.0. The number of sulfonamides is 1. The summed E-state index contributed by atoms with van der Waals surface area (Å²) in [6.45, 7) is 0.740. The summed E-state index contributed by atoms with van der Waals surface area (Å²) in [5.74, 6) is -4.13. The lowest BCUT2D eigenvalue weighted by molar-refractivity contribution is -0.274. The van der Waals surface area contributed by atoms with E-state index in [1.54, 1.807) is 0 Å². The number of carbonyl (C=O) groups excluding carboxylic acids is 1. The summed E-state index contributed by atoms with van der Waals surface area (Å²) in [7, 11) is -4.46. The molecule has 1 fully saturated rings. The van der Waals surface area contributed by atoms with Gasteiger partial charge in [-0.25, -0.2) is 27.2 Å². The van der Waals surface area contributed by atoms with Gasteiger partial charge in [0.25, 0.3) is 0 Å². The van der Waals surface area contributed by atoms with E-state index in [-0.39, 0.29) is 16.2 Å². The van der Waals surface area contributed by atoms with Crippen LogP contribution in [-0.4, -0.2) is 58.2 Å². The second-order valence-corrected chi connectivity index (χ2v) is 10.9. The quantitative estimate of drug-likeness (QED) is 0.387. The normalized spacial score (nSPS) is 20.0. The third-order valence-corrected chi connectivity index (χ3v) is 8.19. The fourth-order valence-electron chi connectivity index (χ4n) is 4.22. The van der Waals surface area contributed by atoms with Crippen molar-refractivity contribution < 1.29 is 53.1 Å². The highest BCUT2D eigenvalue weighted by atomic mass is 32.2. The molecule has 18 heteroatoms. The molecular weight excluding hydrogens is 606 g/mol. The molecule has 4 rings (SSSR count). The Bertz CT molecular complexity index is 1550. The Morgan fingerprint density at radius 2 is 1.67 bits per heavy atom. The molecule has 3 aromatic rings. The van der Waals surface area contributed by atoms with Gasteiger partial charge in [0, 0.05) is 29.9 Å². The second-order valence-electron chi connectivity index (χ2n) is 9.03. The van der Waals surface area contributed by atoms with Crippen LogP contribution in [0.4, 0.5) is 35.1 Å². The minimum atomic E-state index is -5.19. The number of carbonyl (C=O) groups is 1. The number of nitrogens with zero attached hydrogens (tertiary/aromatic N) is 4. The number of halogens is 8. The van der Waals surface area contributed by atoms with Crippen molar-refractivity contribution in [3.63, 3.8) is 0 Å². The molecule has 1 aromatic carbocycles. The van der Waals surface area contributed by atoms with Gasteiger partial charge in [0.05, 0.1) is 29.4 Å². The van der Waals surface area contributed by atoms with Crippen molar-refractivity contribution in [3.8, 4) is 16.9 Å². The molecule has 0 spiro atoms. The van der Waals surface area contributed by atoms with Gasteiger partial charge in [0.1, 0.15) is 18.0 Å². The van der Waals surface area contributed by atoms with Crippen molar-refractivity contribution in [3.05, 3.63) is 66.3 Å². The highest BCUT2D eigenvalue weighted by Gasteiger charge is 2.49. The molecule has 0 unspecified atom stereocenters. The highest BCUT2D eigenvalue weighted by Crippen LogP contribution is 2.35. The minimum Gasteiger partial charge on any atom is -0.403 e. The van der Waals surface area contributed by atoms with E-state index in [2.05, 4.69) is 25.0 Å². The fourth-order valence-corrected chi connectivity index (χ4v) is 6.03. The maximum atomic E-state index is 14.6. The number of alkyl halides is 7. The summed E-state index contributed by atoms with van der Waals surface area (Å²) >= 11 is 0. The Morgan fingerprint density at radius 3 is 2.24 bits per heavy atom. The first-order valence-electron chi connectivity index (χ1n) is 11.8. The first-order chi connectivity index (χ1) is 19.5. The van der Waals surface area contributed by atoms with Crippen molar-refractivity contribution in [2.24, 2.45) is 0 Å². The molecule has 1 N–H and O–H groups in total. The van der Waals surface area contributed by atoms with Gasteiger partial charge >= 0.3 is 12.5 Å². The molecule has 1 amide bonds. The average Bonchev–Trinajstić information content (AvgIpc) is 3.21. The Balaban J connectivity index is 1.59. The van der Waals surface area contributed by atoms with Crippen LogP contribution in [-0.2, 0) is 27.5 Å². The third-order valence-electron chi connectivity index (χ3n) is 6.18. The van der Waals surface area contributed by atoms with E-state index in [0.717, 1.165) is 30.3 Å². The van der Waals surface area contributed by atoms with Crippen LogP contribution in [0.15, 0.2) is 53.8 Å². The summed E-state index contributed by atoms with van der Waals surface area (Å²) in [4.78, 5) is 22.6. The number of ether oxygens (including phenoxy) is 1. The molecule has 1 saturated heterocycles. The fraction of sp³-hybridized carbons (Fsp3) is 0.333. The Kier molecular flexibility index (Phi) is 8.41. The molecule has 226 valence electrons. The number of nitrogens with one attached hydrogen (secondary N) is 1. The van der Waals surface area contributed by atoms with Crippen LogP contribution in [0.2, 0.25) is 0 Å². The molecular formula is C24H19F8N5O4S. The van der Waals surface area contributed by atoms with Gasteiger partial charge in [0.2, 0.25) is 21.8 Å². The van der Waals surface area contributed by atoms with Crippen molar-refractivity contribution >= 4 is 15.9 Å². The molecule has 0 radical (unpaired) electrons. The SMILES string of the molecule is C[C@H]1[C@H](F)C[C@@H](C(=O)NCc2cc(-c3cnc(C(F)(F)F)nc3)c(OC(F)(F)F)cn2)N1S(=O)(=O)c1ccc(F)cc1. The molecule has 3 heterocycles. The molecule has 2 aromatic heterocycles. The molecule has 0 bridgehead atoms. The van der Waals surface area contributed by atoms with E-state index in [1.165, 1.54) is 6.92 Å². The summed E-state index contributed by atoms with van der Waals surface area (Å²) < 4.78 is 136. The van der Waals surface area contributed by atoms with Gasteiger partial charge in [0.15, 0.2) is 5.75 Å². The first-order valence-corrected chi connectivity index (χ1v) is 13.3. The number of hydrogen-bond donors (Lipinski definition) is 1. The van der Waals surface area contributed by atoms with E-state index in [0.29, 0.717) is 22.9 Å². The zero-order valence-electron chi connectivity index (χ0n) is 21.1. The predicted molar refractivity (Wildman–Crippen MR) is 127 cm³/mol. The predicted octanol–water partition coefficient (Wildman–Crippen LogP) is 4.40. The number of aromatic nitrogens is 3. The lowest BCUT2D eigenvalue weighted by atomic mass is 10.1. The summed E-state index contributed by atoms with van der Waals surface area (Å²) in [6.07, 6.45) is -10.5. The van der Waals surface area contributed by atoms with Crippen LogP contribution >= 0.6 is 0 Å². The highest BCUT2D eigenvalue weighted by molar-refractivity contribution is 7.89. The lowest BCUT2D eigenvalue weighted by Crippen LogP contribution is -2.48. The van der Waals surface area contributed by atoms with Gasteiger partial charge in [-0.1, -0.05) is 0 Å². The molecule has 42 heavy (non-hydrogen) atoms. The van der Waals surface area contributed by atoms with Crippen LogP contribution in [0.25, 0.3) is 11.1 Å². The summed E-state index contributed by atoms with van der Waals surface area (Å²) in [6, 6.07) is 1.84. The van der Waals surface area contributed by atoms with Crippen LogP contribution in [0.1, 0.15) is 24.9 Å². The number of pyridine rings is 1. The molecule has 0 aliphatic carbocycles. The second kappa shape index (κ2) is 11.4. The smallest absolute Gasteiger partial charge is 0.403 e. The third kappa shape index (κ3) is 6.75. The molecule has 3 atom stereocenters. The van der Waals surface area contributed by atoms with E-state index < -0.39 is 82.6 Å². The maximum Gasteiger partial charge on any atom is 0.573 e. The molecule has 1 aliphatic heterocycles. The van der Waals surface area contributed by atoms with Gasteiger partial charge < -0.3 is 10.1 Å². The zero-order valence-corrected chi connectivity index (χ0v) is 21.9. The molecule has 1 aliphatic rings. The Labute approximate surface area is 232 Å². The van der Waals surface area contributed by atoms with Crippen LogP contribution in [0, 0.1) is 5.82 Å². The van der Waals surface area contributed by atoms with Crippen molar-refractivity contribution in [1.29, 1.82) is 0 Å². The minimum absolute atomic E-state index is 0.122. The summed E-state index contributed by atoms with van der Waals surface area (Å²) in [5.41, 5.74) is -0.846. The van der Waals surface area contributed by atoms with Crippen LogP contribution < -0.4 is 10.1 Å². The molecule has 9 nitrogen and oxygen atoms in total. The number of rotatable bonds is 7. The van der Waals surface area contributed by atoms with Crippen LogP contribution in [0.3, 0.4) is 0 Å². The van der Waals surface area contributed by atoms with Gasteiger partial charge in [-0.15, -0.1) is 13.2 Å². The topological polar surface area (TPSA) is 114 Å². The van der Waals surface area contributed by atoms with Crippen molar-refractivity contribution in [2.75, 3.05) is 0 Å². The Hall–Kier alpha value is -3.93. The van der Waals surface area contributed by atoms with Gasteiger partial charge in [-0.2, -0.15) is 17.5 Å². The average molecular weight is 625 g/mol. The number of amides is 1. The summed E-state index contributed by atoms with van der Waals surface area (Å²) in [5, 5.41) is 2.34. The van der Waals surface area contributed by atoms with Crippen molar-refractivity contribution in [2.45, 2.75) is 55.6 Å². The number of benzene rings is 1. The Morgan fingerprint density at radius 1 is 1.05 bits per heavy atom. The van der Waals surface area contributed by atoms with Gasteiger partial charge in [-0.05, 0) is 37.3 Å². The van der Waals surface area contributed by atoms with Crippen LogP contribution in [0.5, 0.6) is 5.75 Å². The largest absolute Gasteiger partial charge is 0.573 e. The van der Waals surface area contributed by atoms with Crippen molar-refractivity contribution in [1.82, 2.24) is 24.6 Å². The van der Waals surface area contributed by atoms with E-state index >= 15 is 0 Å².